The molecule has 4 rings (SSSR count). The second-order valence-electron chi connectivity index (χ2n) is 8.53. The molecule has 8 heteroatoms. The van der Waals surface area contributed by atoms with E-state index < -0.39 is 29.9 Å². The maximum Gasteiger partial charge on any atom is 0.411 e. The van der Waals surface area contributed by atoms with Crippen molar-refractivity contribution in [2.24, 2.45) is 5.92 Å². The molecule has 0 aromatic heterocycles. The van der Waals surface area contributed by atoms with Crippen LogP contribution in [0.1, 0.15) is 41.3 Å². The third-order valence-corrected chi connectivity index (χ3v) is 6.99. The molecule has 0 heterocycles. The summed E-state index contributed by atoms with van der Waals surface area (Å²) in [5.74, 6) is -2.26. The lowest BCUT2D eigenvalue weighted by atomic mass is 9.98. The highest BCUT2D eigenvalue weighted by Crippen LogP contribution is 2.44. The highest BCUT2D eigenvalue weighted by Gasteiger charge is 2.29. The molecule has 0 aliphatic heterocycles. The van der Waals surface area contributed by atoms with Crippen molar-refractivity contribution in [3.8, 4) is 11.1 Å². The number of hydrogen-bond donors (Lipinski definition) is 3. The average Bonchev–Trinajstić information content (AvgIpc) is 3.17. The number of rotatable bonds is 7. The average molecular weight is 537 g/mol. The van der Waals surface area contributed by atoms with Gasteiger partial charge in [-0.3, -0.25) is 14.9 Å². The van der Waals surface area contributed by atoms with E-state index in [1.54, 1.807) is 19.1 Å². The van der Waals surface area contributed by atoms with Crippen LogP contribution in [-0.4, -0.2) is 35.7 Å². The van der Waals surface area contributed by atoms with Crippen molar-refractivity contribution in [2.45, 2.75) is 25.8 Å². The van der Waals surface area contributed by atoms with Gasteiger partial charge < -0.3 is 15.2 Å². The zero-order chi connectivity index (χ0) is 25.1. The number of hydrogen-bond acceptors (Lipinski definition) is 4. The van der Waals surface area contributed by atoms with Crippen LogP contribution in [0.25, 0.3) is 11.1 Å². The van der Waals surface area contributed by atoms with E-state index in [0.29, 0.717) is 10.2 Å². The number of aliphatic carboxylic acids is 1. The van der Waals surface area contributed by atoms with Crippen LogP contribution >= 0.6 is 15.9 Å². The smallest absolute Gasteiger partial charge is 0.411 e. The summed E-state index contributed by atoms with van der Waals surface area (Å²) in [6.45, 7) is 3.33. The lowest BCUT2D eigenvalue weighted by molar-refractivity contribution is -0.141. The van der Waals surface area contributed by atoms with Gasteiger partial charge in [-0.2, -0.15) is 0 Å². The third kappa shape index (κ3) is 5.22. The van der Waals surface area contributed by atoms with Crippen LogP contribution in [0, 0.1) is 5.92 Å². The van der Waals surface area contributed by atoms with Gasteiger partial charge in [0.25, 0.3) is 5.91 Å². The van der Waals surface area contributed by atoms with Crippen LogP contribution in [-0.2, 0) is 9.53 Å². The Morgan fingerprint density at radius 1 is 0.971 bits per heavy atom. The molecule has 0 spiro atoms. The zero-order valence-corrected chi connectivity index (χ0v) is 20.8. The predicted octanol–water partition coefficient (Wildman–Crippen LogP) is 5.65. The minimum atomic E-state index is -0.998. The molecule has 0 fully saturated rings. The summed E-state index contributed by atoms with van der Waals surface area (Å²) >= 11 is 3.34. The molecule has 0 saturated carbocycles. The Balaban J connectivity index is 1.42. The molecular weight excluding hydrogens is 512 g/mol. The van der Waals surface area contributed by atoms with Gasteiger partial charge in [0.05, 0.1) is 11.5 Å². The highest BCUT2D eigenvalue weighted by atomic mass is 79.9. The van der Waals surface area contributed by atoms with Crippen molar-refractivity contribution < 1.29 is 24.2 Å². The molecule has 2 unspecified atom stereocenters. The van der Waals surface area contributed by atoms with Gasteiger partial charge in [-0.15, -0.1) is 0 Å². The summed E-state index contributed by atoms with van der Waals surface area (Å²) in [7, 11) is 0. The molecule has 3 aromatic carbocycles. The molecule has 3 N–H and O–H groups in total. The van der Waals surface area contributed by atoms with E-state index in [2.05, 4.69) is 38.7 Å². The number of anilines is 1. The normalized spacial score (nSPS) is 13.8. The van der Waals surface area contributed by atoms with Gasteiger partial charge in [-0.25, -0.2) is 4.79 Å². The lowest BCUT2D eigenvalue weighted by Crippen LogP contribution is -2.40. The van der Waals surface area contributed by atoms with E-state index in [9.17, 15) is 14.4 Å². The van der Waals surface area contributed by atoms with Crippen LogP contribution in [0.15, 0.2) is 71.2 Å². The van der Waals surface area contributed by atoms with Crippen molar-refractivity contribution in [3.63, 3.8) is 0 Å². The van der Waals surface area contributed by atoms with E-state index in [0.717, 1.165) is 22.3 Å². The summed E-state index contributed by atoms with van der Waals surface area (Å²) in [5, 5.41) is 14.5. The van der Waals surface area contributed by atoms with Crippen LogP contribution in [0.5, 0.6) is 0 Å². The molecule has 2 atom stereocenters. The summed E-state index contributed by atoms with van der Waals surface area (Å²) in [5.41, 5.74) is 5.18. The van der Waals surface area contributed by atoms with E-state index in [4.69, 9.17) is 9.84 Å². The molecule has 35 heavy (non-hydrogen) atoms. The molecule has 2 amide bonds. The van der Waals surface area contributed by atoms with Gasteiger partial charge in [0.1, 0.15) is 6.61 Å². The van der Waals surface area contributed by atoms with Crippen LogP contribution < -0.4 is 10.6 Å². The predicted molar refractivity (Wildman–Crippen MR) is 137 cm³/mol. The van der Waals surface area contributed by atoms with Crippen LogP contribution in [0.2, 0.25) is 0 Å². The Morgan fingerprint density at radius 2 is 1.57 bits per heavy atom. The van der Waals surface area contributed by atoms with E-state index in [1.807, 2.05) is 36.4 Å². The van der Waals surface area contributed by atoms with Crippen LogP contribution in [0.3, 0.4) is 0 Å². The molecule has 1 aliphatic carbocycles. The third-order valence-electron chi connectivity index (χ3n) is 6.30. The number of amides is 2. The van der Waals surface area contributed by atoms with E-state index >= 15 is 0 Å². The first-order chi connectivity index (χ1) is 16.8. The van der Waals surface area contributed by atoms with Crippen LogP contribution in [0.4, 0.5) is 10.5 Å². The first-order valence-corrected chi connectivity index (χ1v) is 12.0. The number of ether oxygens (including phenoxy) is 1. The van der Waals surface area contributed by atoms with Crippen molar-refractivity contribution in [1.29, 1.82) is 0 Å². The summed E-state index contributed by atoms with van der Waals surface area (Å²) in [6.07, 6.45) is -0.631. The van der Waals surface area contributed by atoms with Gasteiger partial charge in [-0.05, 0) is 70.2 Å². The fourth-order valence-corrected chi connectivity index (χ4v) is 4.58. The second-order valence-corrected chi connectivity index (χ2v) is 9.39. The Bertz CT molecular complexity index is 1250. The van der Waals surface area contributed by atoms with Crippen molar-refractivity contribution in [3.05, 3.63) is 87.9 Å². The number of fused-ring (bicyclic) bond motifs is 3. The molecule has 1 aliphatic rings. The Hall–Kier alpha value is -3.65. The number of carboxylic acids is 1. The number of halogens is 1. The maximum absolute atomic E-state index is 12.7. The van der Waals surface area contributed by atoms with Gasteiger partial charge in [0, 0.05) is 22.1 Å². The molecule has 7 nitrogen and oxygen atoms in total. The number of carboxylic acid groups (broad SMARTS) is 1. The largest absolute Gasteiger partial charge is 0.481 e. The van der Waals surface area contributed by atoms with Gasteiger partial charge in [-0.1, -0.05) is 48.5 Å². The summed E-state index contributed by atoms with van der Waals surface area (Å²) < 4.78 is 6.09. The molecule has 3 aromatic rings. The SMILES string of the molecule is CC(NC(=O)c1cc(NC(=O)OCC2c3ccccc3-c3ccccc32)ccc1Br)C(C)C(=O)O. The monoisotopic (exact) mass is 536 g/mol. The number of carbonyl (C=O) groups is 3. The number of carbonyl (C=O) groups excluding carboxylic acids is 2. The highest BCUT2D eigenvalue weighted by molar-refractivity contribution is 9.10. The van der Waals surface area contributed by atoms with Crippen molar-refractivity contribution in [1.82, 2.24) is 5.32 Å². The zero-order valence-electron chi connectivity index (χ0n) is 19.2. The summed E-state index contributed by atoms with van der Waals surface area (Å²) in [4.78, 5) is 36.5. The molecule has 0 bridgehead atoms. The van der Waals surface area contributed by atoms with Crippen molar-refractivity contribution >= 4 is 39.6 Å². The van der Waals surface area contributed by atoms with Gasteiger partial charge in [0.15, 0.2) is 0 Å². The topological polar surface area (TPSA) is 105 Å². The van der Waals surface area contributed by atoms with E-state index in [-0.39, 0.29) is 18.1 Å². The quantitative estimate of drug-likeness (QED) is 0.362. The fourth-order valence-electron chi connectivity index (χ4n) is 4.15. The van der Waals surface area contributed by atoms with Gasteiger partial charge >= 0.3 is 12.1 Å². The molecule has 180 valence electrons. The minimum Gasteiger partial charge on any atom is -0.481 e. The fraction of sp³-hybridized carbons (Fsp3) is 0.222. The Kier molecular flexibility index (Phi) is 7.21. The summed E-state index contributed by atoms with van der Waals surface area (Å²) in [6, 6.07) is 20.4. The molecule has 0 radical (unpaired) electrons. The Labute approximate surface area is 211 Å². The number of nitrogens with one attached hydrogen (secondary N) is 2. The van der Waals surface area contributed by atoms with Gasteiger partial charge in [0.2, 0.25) is 0 Å². The maximum atomic E-state index is 12.7. The van der Waals surface area contributed by atoms with E-state index in [1.165, 1.54) is 13.0 Å². The lowest BCUT2D eigenvalue weighted by Gasteiger charge is -2.18. The molecule has 0 saturated heterocycles. The van der Waals surface area contributed by atoms with Crippen molar-refractivity contribution in [2.75, 3.05) is 11.9 Å². The molecular formula is C27H25BrN2O5. The standard InChI is InChI=1S/C27H25BrN2O5/c1-15(26(32)33)16(2)29-25(31)22-13-17(11-12-24(22)28)30-27(34)35-14-23-20-9-5-3-7-18(20)19-8-4-6-10-21(19)23/h3-13,15-16,23H,14H2,1-2H3,(H,29,31)(H,30,34)(H,32,33). The number of benzene rings is 3. The first-order valence-electron chi connectivity index (χ1n) is 11.2. The Morgan fingerprint density at radius 3 is 2.17 bits per heavy atom. The second kappa shape index (κ2) is 10.3. The minimum absolute atomic E-state index is 0.0582. The first kappa shape index (κ1) is 24.5.